The Morgan fingerprint density at radius 1 is 1.35 bits per heavy atom. The van der Waals surface area contributed by atoms with Gasteiger partial charge in [-0.05, 0) is 24.6 Å². The molecule has 1 aromatic carbocycles. The van der Waals surface area contributed by atoms with Crippen LogP contribution < -0.4 is 5.11 Å². The number of ether oxygens (including phenoxy) is 1. The summed E-state index contributed by atoms with van der Waals surface area (Å²) in [6.45, 7) is 2.98. The molecule has 0 spiro atoms. The van der Waals surface area contributed by atoms with Crippen molar-refractivity contribution in [2.45, 2.75) is 20.3 Å². The quantitative estimate of drug-likeness (QED) is 0.204. The van der Waals surface area contributed by atoms with Crippen molar-refractivity contribution >= 4 is 17.6 Å². The van der Waals surface area contributed by atoms with Gasteiger partial charge < -0.3 is 14.6 Å². The van der Waals surface area contributed by atoms with Crippen LogP contribution >= 0.6 is 0 Å². The Hall–Kier alpha value is -2.79. The molecule has 0 aliphatic rings. The SMILES string of the molecule is CC/C(OC(=O)c1ccc(N=[N+]=[N-])cc1)=C(/C)C(=O)[O-]. The number of nitrogens with zero attached hydrogens (tertiary/aromatic N) is 3. The highest BCUT2D eigenvalue weighted by Gasteiger charge is 2.11. The molecule has 1 rings (SSSR count). The van der Waals surface area contributed by atoms with Gasteiger partial charge in [-0.3, -0.25) is 0 Å². The highest BCUT2D eigenvalue weighted by atomic mass is 16.5. The monoisotopic (exact) mass is 274 g/mol. The van der Waals surface area contributed by atoms with E-state index in [2.05, 4.69) is 10.0 Å². The van der Waals surface area contributed by atoms with Crippen molar-refractivity contribution in [3.63, 3.8) is 0 Å². The molecule has 7 nitrogen and oxygen atoms in total. The number of hydrogen-bond acceptors (Lipinski definition) is 5. The van der Waals surface area contributed by atoms with Crippen LogP contribution in [0.15, 0.2) is 40.7 Å². The second kappa shape index (κ2) is 6.96. The molecule has 0 heterocycles. The molecular formula is C13H12N3O4-. The van der Waals surface area contributed by atoms with Crippen LogP contribution in [0.5, 0.6) is 0 Å². The molecule has 0 aromatic heterocycles. The van der Waals surface area contributed by atoms with E-state index in [-0.39, 0.29) is 23.3 Å². The average Bonchev–Trinajstić information content (AvgIpc) is 2.44. The summed E-state index contributed by atoms with van der Waals surface area (Å²) in [5.74, 6) is -2.02. The maximum Gasteiger partial charge on any atom is 0.343 e. The second-order valence-electron chi connectivity index (χ2n) is 3.82. The number of carboxylic acid groups (broad SMARTS) is 1. The van der Waals surface area contributed by atoms with E-state index >= 15 is 0 Å². The maximum atomic E-state index is 11.8. The molecule has 0 amide bonds. The molecule has 7 heteroatoms. The van der Waals surface area contributed by atoms with E-state index in [1.807, 2.05) is 0 Å². The summed E-state index contributed by atoms with van der Waals surface area (Å²) in [7, 11) is 0. The number of azide groups is 1. The summed E-state index contributed by atoms with van der Waals surface area (Å²) < 4.78 is 5.03. The fourth-order valence-electron chi connectivity index (χ4n) is 1.41. The third-order valence-electron chi connectivity index (χ3n) is 2.52. The number of rotatable bonds is 5. The van der Waals surface area contributed by atoms with Crippen LogP contribution in [0.3, 0.4) is 0 Å². The lowest BCUT2D eigenvalue weighted by Crippen LogP contribution is -2.25. The minimum Gasteiger partial charge on any atom is -0.545 e. The zero-order valence-corrected chi connectivity index (χ0v) is 11.0. The largest absolute Gasteiger partial charge is 0.545 e. The number of carbonyl (C=O) groups excluding carboxylic acids is 2. The van der Waals surface area contributed by atoms with Crippen LogP contribution in [0.25, 0.3) is 10.4 Å². The van der Waals surface area contributed by atoms with Crippen LogP contribution in [-0.2, 0) is 9.53 Å². The normalized spacial score (nSPS) is 11.1. The predicted molar refractivity (Wildman–Crippen MR) is 68.7 cm³/mol. The fourth-order valence-corrected chi connectivity index (χ4v) is 1.41. The summed E-state index contributed by atoms with van der Waals surface area (Å²) in [6, 6.07) is 5.76. The van der Waals surface area contributed by atoms with Crippen molar-refractivity contribution in [1.29, 1.82) is 0 Å². The number of hydrogen-bond donors (Lipinski definition) is 0. The van der Waals surface area contributed by atoms with E-state index in [0.29, 0.717) is 5.69 Å². The van der Waals surface area contributed by atoms with E-state index in [1.54, 1.807) is 6.92 Å². The molecule has 0 saturated carbocycles. The Morgan fingerprint density at radius 3 is 2.40 bits per heavy atom. The number of aliphatic carboxylic acids is 1. The molecule has 0 aliphatic carbocycles. The Bertz CT molecular complexity index is 599. The predicted octanol–water partition coefficient (Wildman–Crippen LogP) is 2.22. The van der Waals surface area contributed by atoms with Gasteiger partial charge in [0.05, 0.1) is 11.5 Å². The minimum atomic E-state index is -1.38. The first-order chi connectivity index (χ1) is 9.49. The zero-order valence-electron chi connectivity index (χ0n) is 11.0. The molecular weight excluding hydrogens is 262 g/mol. The Morgan fingerprint density at radius 2 is 1.95 bits per heavy atom. The first kappa shape index (κ1) is 15.3. The van der Waals surface area contributed by atoms with E-state index in [0.717, 1.165) is 0 Å². The summed E-state index contributed by atoms with van der Waals surface area (Å²) in [4.78, 5) is 25.2. The molecule has 0 aliphatic heterocycles. The molecule has 20 heavy (non-hydrogen) atoms. The van der Waals surface area contributed by atoms with Gasteiger partial charge in [-0.2, -0.15) is 0 Å². The third kappa shape index (κ3) is 3.86. The van der Waals surface area contributed by atoms with Gasteiger partial charge in [0.15, 0.2) is 0 Å². The molecule has 0 bridgehead atoms. The number of carbonyl (C=O) groups is 2. The molecule has 0 atom stereocenters. The molecule has 0 saturated heterocycles. The summed E-state index contributed by atoms with van der Waals surface area (Å²) >= 11 is 0. The van der Waals surface area contributed by atoms with Crippen molar-refractivity contribution in [3.05, 3.63) is 51.6 Å². The van der Waals surface area contributed by atoms with Crippen LogP contribution in [0.1, 0.15) is 30.6 Å². The van der Waals surface area contributed by atoms with Gasteiger partial charge in [-0.25, -0.2) is 4.79 Å². The highest BCUT2D eigenvalue weighted by molar-refractivity contribution is 5.91. The van der Waals surface area contributed by atoms with Crippen LogP contribution in [-0.4, -0.2) is 11.9 Å². The number of carboxylic acids is 1. The van der Waals surface area contributed by atoms with E-state index in [4.69, 9.17) is 10.3 Å². The minimum absolute atomic E-state index is 0.0501. The lowest BCUT2D eigenvalue weighted by atomic mass is 10.2. The van der Waals surface area contributed by atoms with E-state index < -0.39 is 11.9 Å². The van der Waals surface area contributed by atoms with Crippen LogP contribution in [0, 0.1) is 0 Å². The van der Waals surface area contributed by atoms with Crippen LogP contribution in [0.4, 0.5) is 5.69 Å². The summed E-state index contributed by atoms with van der Waals surface area (Å²) in [6.07, 6.45) is 0.252. The molecule has 0 radical (unpaired) electrons. The van der Waals surface area contributed by atoms with Crippen molar-refractivity contribution in [3.8, 4) is 0 Å². The van der Waals surface area contributed by atoms with Gasteiger partial charge in [-0.15, -0.1) is 0 Å². The number of esters is 1. The van der Waals surface area contributed by atoms with E-state index in [9.17, 15) is 14.7 Å². The van der Waals surface area contributed by atoms with E-state index in [1.165, 1.54) is 31.2 Å². The maximum absolute atomic E-state index is 11.8. The molecule has 1 aromatic rings. The first-order valence-corrected chi connectivity index (χ1v) is 5.78. The number of benzene rings is 1. The first-order valence-electron chi connectivity index (χ1n) is 5.78. The van der Waals surface area contributed by atoms with Gasteiger partial charge in [-0.1, -0.05) is 24.2 Å². The number of allylic oxidation sites excluding steroid dienone is 1. The van der Waals surface area contributed by atoms with Gasteiger partial charge in [0.25, 0.3) is 0 Å². The molecule has 0 unspecified atom stereocenters. The van der Waals surface area contributed by atoms with Gasteiger partial charge in [0, 0.05) is 22.6 Å². The van der Waals surface area contributed by atoms with Gasteiger partial charge >= 0.3 is 5.97 Å². The highest BCUT2D eigenvalue weighted by Crippen LogP contribution is 2.17. The lowest BCUT2D eigenvalue weighted by molar-refractivity contribution is -0.299. The molecule has 0 fully saturated rings. The fraction of sp³-hybridized carbons (Fsp3) is 0.231. The van der Waals surface area contributed by atoms with Crippen LogP contribution in [0.2, 0.25) is 0 Å². The summed E-state index contributed by atoms with van der Waals surface area (Å²) in [5.41, 5.74) is 8.73. The van der Waals surface area contributed by atoms with Gasteiger partial charge in [0.2, 0.25) is 0 Å². The topological polar surface area (TPSA) is 115 Å². The second-order valence-corrected chi connectivity index (χ2v) is 3.82. The molecule has 0 N–H and O–H groups in total. The Kier molecular flexibility index (Phi) is 5.31. The zero-order chi connectivity index (χ0) is 15.1. The van der Waals surface area contributed by atoms with Crippen molar-refractivity contribution < 1.29 is 19.4 Å². The standard InChI is InChI=1S/C13H13N3O4/c1-3-11(8(2)12(17)18)20-13(19)9-4-6-10(7-5-9)15-16-14/h4-7H,3H2,1-2H3,(H,17,18)/p-1/b11-8+. The average molecular weight is 274 g/mol. The third-order valence-corrected chi connectivity index (χ3v) is 2.52. The lowest BCUT2D eigenvalue weighted by Gasteiger charge is -2.11. The Labute approximate surface area is 115 Å². The van der Waals surface area contributed by atoms with Crippen molar-refractivity contribution in [1.82, 2.24) is 0 Å². The van der Waals surface area contributed by atoms with Gasteiger partial charge in [0.1, 0.15) is 5.76 Å². The summed E-state index contributed by atoms with van der Waals surface area (Å²) in [5, 5.41) is 14.1. The van der Waals surface area contributed by atoms with Crippen molar-refractivity contribution in [2.75, 3.05) is 0 Å². The van der Waals surface area contributed by atoms with Crippen molar-refractivity contribution in [2.24, 2.45) is 5.11 Å². The smallest absolute Gasteiger partial charge is 0.343 e. The Balaban J connectivity index is 2.93. The molecule has 104 valence electrons.